The Balaban J connectivity index is 2.06. The molecule has 1 aromatic carbocycles. The van der Waals surface area contributed by atoms with E-state index in [1.807, 2.05) is 5.38 Å². The Labute approximate surface area is 109 Å². The maximum absolute atomic E-state index is 9.41. The summed E-state index contributed by atoms with van der Waals surface area (Å²) < 4.78 is 5.55. The Morgan fingerprint density at radius 1 is 1.53 bits per heavy atom. The second kappa shape index (κ2) is 5.49. The lowest BCUT2D eigenvalue weighted by atomic mass is 10.1. The lowest BCUT2D eigenvalue weighted by Crippen LogP contribution is -1.97. The van der Waals surface area contributed by atoms with Gasteiger partial charge in [-0.15, -0.1) is 11.3 Å². The van der Waals surface area contributed by atoms with Crippen molar-refractivity contribution in [2.75, 3.05) is 0 Å². The molecule has 0 bridgehead atoms. The van der Waals surface area contributed by atoms with Gasteiger partial charge in [-0.3, -0.25) is 0 Å². The molecule has 1 atom stereocenters. The molecule has 90 valence electrons. The van der Waals surface area contributed by atoms with Crippen molar-refractivity contribution in [3.05, 3.63) is 45.4 Å². The summed E-state index contributed by atoms with van der Waals surface area (Å²) in [4.78, 5) is 4.12. The summed E-state index contributed by atoms with van der Waals surface area (Å²) in [7, 11) is 0. The molecule has 0 fully saturated rings. The standard InChI is InChI=1S/C12H12ClNO2S/c1-8(15)9-2-3-11(10(13)6-9)16-7-12-14-4-5-17-12/h2-6,8,15H,7H2,1H3/t8-/m1/s1. The average molecular weight is 270 g/mol. The second-order valence-corrected chi connectivity index (χ2v) is 4.97. The first-order valence-electron chi connectivity index (χ1n) is 5.15. The van der Waals surface area contributed by atoms with Crippen molar-refractivity contribution in [1.82, 2.24) is 4.98 Å². The van der Waals surface area contributed by atoms with Crippen LogP contribution < -0.4 is 4.74 Å². The number of nitrogens with zero attached hydrogens (tertiary/aromatic N) is 1. The minimum absolute atomic E-state index is 0.408. The molecule has 0 amide bonds. The minimum atomic E-state index is -0.527. The summed E-state index contributed by atoms with van der Waals surface area (Å²) in [5.41, 5.74) is 0.775. The summed E-state index contributed by atoms with van der Waals surface area (Å²) >= 11 is 7.60. The molecule has 0 aliphatic heterocycles. The molecule has 17 heavy (non-hydrogen) atoms. The van der Waals surface area contributed by atoms with Crippen molar-refractivity contribution in [1.29, 1.82) is 0 Å². The van der Waals surface area contributed by atoms with E-state index in [2.05, 4.69) is 4.98 Å². The van der Waals surface area contributed by atoms with Gasteiger partial charge in [0, 0.05) is 11.6 Å². The fourth-order valence-corrected chi connectivity index (χ4v) is 2.13. The zero-order chi connectivity index (χ0) is 12.3. The molecular weight excluding hydrogens is 258 g/mol. The molecular formula is C12H12ClNO2S. The Morgan fingerprint density at radius 3 is 2.94 bits per heavy atom. The highest BCUT2D eigenvalue weighted by molar-refractivity contribution is 7.09. The Hall–Kier alpha value is -1.10. The SMILES string of the molecule is C[C@@H](O)c1ccc(OCc2nccs2)c(Cl)c1. The number of aromatic nitrogens is 1. The van der Waals surface area contributed by atoms with Gasteiger partial charge in [0.2, 0.25) is 0 Å². The summed E-state index contributed by atoms with van der Waals surface area (Å²) in [6.07, 6.45) is 1.21. The number of benzene rings is 1. The van der Waals surface area contributed by atoms with Crippen molar-refractivity contribution < 1.29 is 9.84 Å². The monoisotopic (exact) mass is 269 g/mol. The van der Waals surface area contributed by atoms with E-state index >= 15 is 0 Å². The van der Waals surface area contributed by atoms with E-state index in [9.17, 15) is 5.11 Å². The molecule has 0 aliphatic carbocycles. The molecule has 0 saturated heterocycles. The first-order chi connectivity index (χ1) is 8.16. The van der Waals surface area contributed by atoms with E-state index in [0.29, 0.717) is 17.4 Å². The molecule has 1 aromatic heterocycles. The van der Waals surface area contributed by atoms with Gasteiger partial charge < -0.3 is 9.84 Å². The van der Waals surface area contributed by atoms with Gasteiger partial charge in [0.1, 0.15) is 17.4 Å². The van der Waals surface area contributed by atoms with Gasteiger partial charge in [0.15, 0.2) is 0 Å². The highest BCUT2D eigenvalue weighted by Gasteiger charge is 2.07. The normalized spacial score (nSPS) is 12.4. The minimum Gasteiger partial charge on any atom is -0.485 e. The smallest absolute Gasteiger partial charge is 0.140 e. The van der Waals surface area contributed by atoms with Gasteiger partial charge in [-0.05, 0) is 24.6 Å². The zero-order valence-electron chi connectivity index (χ0n) is 9.26. The van der Waals surface area contributed by atoms with Crippen LogP contribution in [0.15, 0.2) is 29.8 Å². The molecule has 2 aromatic rings. The van der Waals surface area contributed by atoms with Crippen LogP contribution in [-0.2, 0) is 6.61 Å². The number of ether oxygens (including phenoxy) is 1. The number of thiazole rings is 1. The lowest BCUT2D eigenvalue weighted by Gasteiger charge is -2.09. The largest absolute Gasteiger partial charge is 0.485 e. The first-order valence-corrected chi connectivity index (χ1v) is 6.41. The number of aliphatic hydroxyl groups excluding tert-OH is 1. The Morgan fingerprint density at radius 2 is 2.35 bits per heavy atom. The van der Waals surface area contributed by atoms with E-state index < -0.39 is 6.10 Å². The van der Waals surface area contributed by atoms with Crippen molar-refractivity contribution in [2.45, 2.75) is 19.6 Å². The highest BCUT2D eigenvalue weighted by Crippen LogP contribution is 2.28. The molecule has 0 radical (unpaired) electrons. The zero-order valence-corrected chi connectivity index (χ0v) is 10.8. The van der Waals surface area contributed by atoms with E-state index in [-0.39, 0.29) is 0 Å². The molecule has 3 nitrogen and oxygen atoms in total. The molecule has 1 N–H and O–H groups in total. The van der Waals surface area contributed by atoms with Gasteiger partial charge in [-0.2, -0.15) is 0 Å². The van der Waals surface area contributed by atoms with Gasteiger partial charge in [-0.1, -0.05) is 17.7 Å². The molecule has 0 spiro atoms. The van der Waals surface area contributed by atoms with E-state index in [4.69, 9.17) is 16.3 Å². The third-order valence-corrected chi connectivity index (χ3v) is 3.32. The fourth-order valence-electron chi connectivity index (χ4n) is 1.36. The first kappa shape index (κ1) is 12.4. The Bertz CT molecular complexity index is 485. The van der Waals surface area contributed by atoms with Crippen LogP contribution in [0.25, 0.3) is 0 Å². The third-order valence-electron chi connectivity index (χ3n) is 2.27. The van der Waals surface area contributed by atoms with E-state index in [1.165, 1.54) is 11.3 Å². The fraction of sp³-hybridized carbons (Fsp3) is 0.250. The maximum Gasteiger partial charge on any atom is 0.140 e. The van der Waals surface area contributed by atoms with Crippen molar-refractivity contribution in [2.24, 2.45) is 0 Å². The highest BCUT2D eigenvalue weighted by atomic mass is 35.5. The summed E-state index contributed by atoms with van der Waals surface area (Å²) in [6.45, 7) is 2.10. The second-order valence-electron chi connectivity index (χ2n) is 3.58. The van der Waals surface area contributed by atoms with Crippen LogP contribution in [-0.4, -0.2) is 10.1 Å². The molecule has 1 heterocycles. The van der Waals surface area contributed by atoms with Gasteiger partial charge in [0.25, 0.3) is 0 Å². The number of hydrogen-bond donors (Lipinski definition) is 1. The van der Waals surface area contributed by atoms with Crippen LogP contribution in [0.5, 0.6) is 5.75 Å². The lowest BCUT2D eigenvalue weighted by molar-refractivity contribution is 0.199. The van der Waals surface area contributed by atoms with E-state index in [1.54, 1.807) is 31.3 Å². The predicted molar refractivity (Wildman–Crippen MR) is 68.5 cm³/mol. The van der Waals surface area contributed by atoms with Gasteiger partial charge >= 0.3 is 0 Å². The molecule has 5 heteroatoms. The maximum atomic E-state index is 9.41. The van der Waals surface area contributed by atoms with Crippen LogP contribution >= 0.6 is 22.9 Å². The van der Waals surface area contributed by atoms with Crippen LogP contribution in [0.2, 0.25) is 5.02 Å². The van der Waals surface area contributed by atoms with Gasteiger partial charge in [-0.25, -0.2) is 4.98 Å². The topological polar surface area (TPSA) is 42.4 Å². The summed E-state index contributed by atoms with van der Waals surface area (Å²) in [5, 5.41) is 12.7. The number of halogens is 1. The van der Waals surface area contributed by atoms with Crippen molar-refractivity contribution in [3.8, 4) is 5.75 Å². The number of aliphatic hydroxyl groups is 1. The van der Waals surface area contributed by atoms with Crippen LogP contribution in [0.4, 0.5) is 0 Å². The summed E-state index contributed by atoms with van der Waals surface area (Å²) in [6, 6.07) is 5.27. The van der Waals surface area contributed by atoms with Crippen LogP contribution in [0, 0.1) is 0 Å². The third kappa shape index (κ3) is 3.19. The van der Waals surface area contributed by atoms with Crippen LogP contribution in [0.3, 0.4) is 0 Å². The quantitative estimate of drug-likeness (QED) is 0.925. The number of rotatable bonds is 4. The summed E-state index contributed by atoms with van der Waals surface area (Å²) in [5.74, 6) is 0.603. The number of hydrogen-bond acceptors (Lipinski definition) is 4. The van der Waals surface area contributed by atoms with Crippen LogP contribution in [0.1, 0.15) is 23.6 Å². The average Bonchev–Trinajstić information content (AvgIpc) is 2.80. The molecule has 2 rings (SSSR count). The molecule has 0 unspecified atom stereocenters. The predicted octanol–water partition coefficient (Wildman–Crippen LogP) is 3.43. The molecule has 0 saturated carbocycles. The van der Waals surface area contributed by atoms with Crippen molar-refractivity contribution in [3.63, 3.8) is 0 Å². The van der Waals surface area contributed by atoms with E-state index in [0.717, 1.165) is 10.6 Å². The molecule has 0 aliphatic rings. The van der Waals surface area contributed by atoms with Gasteiger partial charge in [0.05, 0.1) is 11.1 Å². The van der Waals surface area contributed by atoms with Crippen molar-refractivity contribution >= 4 is 22.9 Å². The Kier molecular flexibility index (Phi) is 3.99.